The van der Waals surface area contributed by atoms with Crippen molar-refractivity contribution >= 4 is 0 Å². The zero-order valence-corrected chi connectivity index (χ0v) is 14.8. The Bertz CT molecular complexity index is 753. The lowest BCUT2D eigenvalue weighted by molar-refractivity contribution is -0.0112. The molecule has 1 saturated heterocycles. The van der Waals surface area contributed by atoms with Crippen LogP contribution in [0.3, 0.4) is 0 Å². The Morgan fingerprint density at radius 3 is 3.04 bits per heavy atom. The first-order valence-corrected chi connectivity index (χ1v) is 9.85. The molecule has 0 radical (unpaired) electrons. The van der Waals surface area contributed by atoms with Gasteiger partial charge in [0.15, 0.2) is 0 Å². The van der Waals surface area contributed by atoms with Gasteiger partial charge in [-0.1, -0.05) is 18.9 Å². The average molecular weight is 337 g/mol. The summed E-state index contributed by atoms with van der Waals surface area (Å²) in [5.41, 5.74) is 3.26. The molecule has 2 bridgehead atoms. The second-order valence-electron chi connectivity index (χ2n) is 8.24. The molecule has 3 aliphatic rings. The van der Waals surface area contributed by atoms with E-state index in [-0.39, 0.29) is 0 Å². The fraction of sp³-hybridized carbons (Fsp3) is 0.545. The van der Waals surface area contributed by atoms with Crippen LogP contribution in [0.1, 0.15) is 49.0 Å². The number of piperidine rings is 1. The van der Waals surface area contributed by atoms with Gasteiger partial charge in [0.2, 0.25) is 0 Å². The zero-order valence-electron chi connectivity index (χ0n) is 14.8. The Kier molecular flexibility index (Phi) is 3.67. The van der Waals surface area contributed by atoms with Crippen LogP contribution in [-0.4, -0.2) is 29.1 Å². The van der Waals surface area contributed by atoms with Crippen LogP contribution in [0.4, 0.5) is 0 Å². The van der Waals surface area contributed by atoms with Gasteiger partial charge in [-0.3, -0.25) is 4.90 Å². The van der Waals surface area contributed by atoms with E-state index in [4.69, 9.17) is 4.42 Å². The van der Waals surface area contributed by atoms with E-state index in [1.807, 2.05) is 12.1 Å². The summed E-state index contributed by atoms with van der Waals surface area (Å²) in [7, 11) is 0. The number of aromatic hydroxyl groups is 1. The molecule has 1 aromatic carbocycles. The van der Waals surface area contributed by atoms with Gasteiger partial charge in [-0.05, 0) is 73.5 Å². The Morgan fingerprint density at radius 2 is 2.16 bits per heavy atom. The van der Waals surface area contributed by atoms with E-state index in [1.165, 1.54) is 49.8 Å². The highest BCUT2D eigenvalue weighted by Crippen LogP contribution is 2.56. The molecule has 1 aliphatic heterocycles. The second-order valence-corrected chi connectivity index (χ2v) is 8.24. The number of furan rings is 1. The highest BCUT2D eigenvalue weighted by molar-refractivity contribution is 5.45. The molecular weight excluding hydrogens is 310 g/mol. The Hall–Kier alpha value is -1.74. The standard InChI is InChI=1S/C22H27NO2/c24-17-7-6-16-14-21-19-5-1-2-9-22(19,20(16)15-17)10-12-23(21)11-8-18-4-3-13-25-18/h3-4,6-7,13,15,19,21,24H,1-2,5,8-12,14H2. The summed E-state index contributed by atoms with van der Waals surface area (Å²) in [6.07, 6.45) is 10.5. The summed E-state index contributed by atoms with van der Waals surface area (Å²) < 4.78 is 5.55. The van der Waals surface area contributed by atoms with Crippen LogP contribution in [-0.2, 0) is 18.3 Å². The predicted octanol–water partition coefficient (Wildman–Crippen LogP) is 4.29. The molecule has 0 amide bonds. The molecule has 1 aromatic heterocycles. The Morgan fingerprint density at radius 1 is 1.20 bits per heavy atom. The van der Waals surface area contributed by atoms with Gasteiger partial charge in [0.05, 0.1) is 6.26 Å². The summed E-state index contributed by atoms with van der Waals surface area (Å²) >= 11 is 0. The zero-order chi connectivity index (χ0) is 16.9. The lowest BCUT2D eigenvalue weighted by Crippen LogP contribution is -2.61. The van der Waals surface area contributed by atoms with Crippen molar-refractivity contribution in [3.05, 3.63) is 53.5 Å². The SMILES string of the molecule is Oc1ccc2c(c1)C13CCCCC1C(C2)N(CCc1ccco1)CC3. The molecule has 3 unspecified atom stereocenters. The molecule has 0 spiro atoms. The van der Waals surface area contributed by atoms with Gasteiger partial charge < -0.3 is 9.52 Å². The fourth-order valence-electron chi connectivity index (χ4n) is 6.06. The van der Waals surface area contributed by atoms with Crippen molar-refractivity contribution in [2.24, 2.45) is 5.92 Å². The molecule has 3 atom stereocenters. The number of likely N-dealkylation sites (tertiary alicyclic amines) is 1. The molecule has 2 heterocycles. The third-order valence-corrected chi connectivity index (χ3v) is 7.16. The maximum atomic E-state index is 10.1. The van der Waals surface area contributed by atoms with Crippen LogP contribution in [0.2, 0.25) is 0 Å². The quantitative estimate of drug-likeness (QED) is 0.908. The number of rotatable bonds is 3. The lowest BCUT2D eigenvalue weighted by atomic mass is 9.52. The van der Waals surface area contributed by atoms with E-state index < -0.39 is 0 Å². The largest absolute Gasteiger partial charge is 0.508 e. The van der Waals surface area contributed by atoms with Crippen LogP contribution < -0.4 is 0 Å². The maximum Gasteiger partial charge on any atom is 0.115 e. The van der Waals surface area contributed by atoms with Crippen molar-refractivity contribution in [2.75, 3.05) is 13.1 Å². The predicted molar refractivity (Wildman–Crippen MR) is 97.8 cm³/mol. The molecule has 2 aliphatic carbocycles. The van der Waals surface area contributed by atoms with Crippen LogP contribution in [0.15, 0.2) is 41.0 Å². The highest BCUT2D eigenvalue weighted by Gasteiger charge is 2.53. The van der Waals surface area contributed by atoms with E-state index in [0.29, 0.717) is 17.2 Å². The fourth-order valence-corrected chi connectivity index (χ4v) is 6.06. The van der Waals surface area contributed by atoms with Gasteiger partial charge in [-0.25, -0.2) is 0 Å². The molecular formula is C22H27NO2. The minimum absolute atomic E-state index is 0.316. The molecule has 3 nitrogen and oxygen atoms in total. The summed E-state index contributed by atoms with van der Waals surface area (Å²) in [5, 5.41) is 10.1. The van der Waals surface area contributed by atoms with E-state index >= 15 is 0 Å². The first kappa shape index (κ1) is 15.5. The van der Waals surface area contributed by atoms with Crippen LogP contribution in [0.5, 0.6) is 5.75 Å². The third kappa shape index (κ3) is 2.43. The number of hydrogen-bond donors (Lipinski definition) is 1. The van der Waals surface area contributed by atoms with E-state index in [9.17, 15) is 5.11 Å². The highest BCUT2D eigenvalue weighted by atomic mass is 16.3. The second kappa shape index (κ2) is 5.91. The number of fused-ring (bicyclic) bond motifs is 1. The molecule has 2 fully saturated rings. The van der Waals surface area contributed by atoms with Gasteiger partial charge in [0.1, 0.15) is 11.5 Å². The average Bonchev–Trinajstić information content (AvgIpc) is 3.15. The monoisotopic (exact) mass is 337 g/mol. The van der Waals surface area contributed by atoms with Gasteiger partial charge in [0, 0.05) is 24.4 Å². The van der Waals surface area contributed by atoms with Gasteiger partial charge in [0.25, 0.3) is 0 Å². The molecule has 5 rings (SSSR count). The first-order valence-electron chi connectivity index (χ1n) is 9.85. The number of phenolic OH excluding ortho intramolecular Hbond substituents is 1. The molecule has 1 N–H and O–H groups in total. The normalized spacial score (nSPS) is 31.4. The van der Waals surface area contributed by atoms with Crippen molar-refractivity contribution in [1.82, 2.24) is 4.90 Å². The summed E-state index contributed by atoms with van der Waals surface area (Å²) in [4.78, 5) is 2.73. The summed E-state index contributed by atoms with van der Waals surface area (Å²) in [6.45, 7) is 2.27. The van der Waals surface area contributed by atoms with E-state index in [2.05, 4.69) is 23.1 Å². The van der Waals surface area contributed by atoms with E-state index in [0.717, 1.165) is 31.1 Å². The topological polar surface area (TPSA) is 36.6 Å². The van der Waals surface area contributed by atoms with Crippen LogP contribution in [0.25, 0.3) is 0 Å². The van der Waals surface area contributed by atoms with Gasteiger partial charge >= 0.3 is 0 Å². The van der Waals surface area contributed by atoms with Crippen molar-refractivity contribution in [3.63, 3.8) is 0 Å². The number of nitrogens with zero attached hydrogens (tertiary/aromatic N) is 1. The molecule has 1 saturated carbocycles. The molecule has 3 heteroatoms. The number of benzene rings is 1. The molecule has 25 heavy (non-hydrogen) atoms. The maximum absolute atomic E-state index is 10.1. The van der Waals surface area contributed by atoms with Crippen molar-refractivity contribution in [1.29, 1.82) is 0 Å². The minimum atomic E-state index is 0.316. The lowest BCUT2D eigenvalue weighted by Gasteiger charge is -2.59. The first-order chi connectivity index (χ1) is 12.3. The van der Waals surface area contributed by atoms with Crippen molar-refractivity contribution in [3.8, 4) is 5.75 Å². The van der Waals surface area contributed by atoms with Gasteiger partial charge in [-0.2, -0.15) is 0 Å². The minimum Gasteiger partial charge on any atom is -0.508 e. The van der Waals surface area contributed by atoms with E-state index in [1.54, 1.807) is 6.26 Å². The van der Waals surface area contributed by atoms with Crippen LogP contribution in [0, 0.1) is 5.92 Å². The number of phenols is 1. The smallest absolute Gasteiger partial charge is 0.115 e. The summed E-state index contributed by atoms with van der Waals surface area (Å²) in [6, 6.07) is 10.9. The molecule has 2 aromatic rings. The van der Waals surface area contributed by atoms with Crippen molar-refractivity contribution < 1.29 is 9.52 Å². The third-order valence-electron chi connectivity index (χ3n) is 7.16. The van der Waals surface area contributed by atoms with Crippen molar-refractivity contribution in [2.45, 2.75) is 56.4 Å². The molecule has 132 valence electrons. The Balaban J connectivity index is 1.47. The van der Waals surface area contributed by atoms with Gasteiger partial charge in [-0.15, -0.1) is 0 Å². The number of hydrogen-bond acceptors (Lipinski definition) is 3. The Labute approximate surface area is 149 Å². The summed E-state index contributed by atoms with van der Waals surface area (Å²) in [5.74, 6) is 2.29. The van der Waals surface area contributed by atoms with Crippen LogP contribution >= 0.6 is 0 Å².